The summed E-state index contributed by atoms with van der Waals surface area (Å²) in [6, 6.07) is 0. The molecule has 0 aliphatic carbocycles. The van der Waals surface area contributed by atoms with Gasteiger partial charge in [-0.1, -0.05) is 26.0 Å². The van der Waals surface area contributed by atoms with Gasteiger partial charge in [-0.2, -0.15) is 0 Å². The van der Waals surface area contributed by atoms with Crippen LogP contribution in [0.4, 0.5) is 5.95 Å². The molecule has 4 heteroatoms. The van der Waals surface area contributed by atoms with Crippen molar-refractivity contribution in [1.29, 1.82) is 0 Å². The summed E-state index contributed by atoms with van der Waals surface area (Å²) in [5.74, 6) is 1.38. The van der Waals surface area contributed by atoms with Gasteiger partial charge in [0.1, 0.15) is 0 Å². The molecule has 1 aromatic heterocycles. The Hall–Kier alpha value is -1.68. The average molecular weight is 274 g/mol. The zero-order valence-electron chi connectivity index (χ0n) is 12.9. The van der Waals surface area contributed by atoms with Crippen LogP contribution < -0.4 is 10.2 Å². The highest BCUT2D eigenvalue weighted by Gasteiger charge is 2.09. The van der Waals surface area contributed by atoms with E-state index in [2.05, 4.69) is 42.3 Å². The van der Waals surface area contributed by atoms with Gasteiger partial charge >= 0.3 is 0 Å². The topological polar surface area (TPSA) is 41.1 Å². The lowest BCUT2D eigenvalue weighted by Gasteiger charge is -2.20. The van der Waals surface area contributed by atoms with Gasteiger partial charge < -0.3 is 10.2 Å². The molecular formula is C16H26N4. The quantitative estimate of drug-likeness (QED) is 0.703. The number of rotatable bonds is 9. The first kappa shape index (κ1) is 16.4. The van der Waals surface area contributed by atoms with E-state index >= 15 is 0 Å². The van der Waals surface area contributed by atoms with Gasteiger partial charge in [-0.15, -0.1) is 13.2 Å². The summed E-state index contributed by atoms with van der Waals surface area (Å²) >= 11 is 0. The molecule has 0 spiro atoms. The molecule has 0 saturated carbocycles. The van der Waals surface area contributed by atoms with Gasteiger partial charge in [0.15, 0.2) is 0 Å². The molecule has 110 valence electrons. The molecule has 0 amide bonds. The molecule has 0 fully saturated rings. The Kier molecular flexibility index (Phi) is 6.94. The second-order valence-electron chi connectivity index (χ2n) is 5.29. The van der Waals surface area contributed by atoms with Crippen molar-refractivity contribution < 1.29 is 0 Å². The second kappa shape index (κ2) is 8.48. The zero-order chi connectivity index (χ0) is 15.0. The standard InChI is InChI=1S/C16H26N4/c1-6-8-20(9-7-2)16-18-12-15(14(5)19-16)11-17-10-13(3)4/h6-7,12-13,17H,1-2,8-11H2,3-5H3. The van der Waals surface area contributed by atoms with Crippen molar-refractivity contribution in [2.45, 2.75) is 27.3 Å². The minimum atomic E-state index is 0.645. The summed E-state index contributed by atoms with van der Waals surface area (Å²) in [5, 5.41) is 3.42. The van der Waals surface area contributed by atoms with Gasteiger partial charge in [-0.3, -0.25) is 0 Å². The monoisotopic (exact) mass is 274 g/mol. The Morgan fingerprint density at radius 2 is 1.95 bits per heavy atom. The van der Waals surface area contributed by atoms with E-state index in [-0.39, 0.29) is 0 Å². The van der Waals surface area contributed by atoms with Gasteiger partial charge in [-0.25, -0.2) is 9.97 Å². The first-order valence-electron chi connectivity index (χ1n) is 7.08. The Bertz CT molecular complexity index is 430. The highest BCUT2D eigenvalue weighted by molar-refractivity contribution is 5.34. The minimum Gasteiger partial charge on any atom is -0.333 e. The van der Waals surface area contributed by atoms with E-state index in [4.69, 9.17) is 0 Å². The average Bonchev–Trinajstić information content (AvgIpc) is 2.40. The summed E-state index contributed by atoms with van der Waals surface area (Å²) < 4.78 is 0. The van der Waals surface area contributed by atoms with Crippen LogP contribution in [0.2, 0.25) is 0 Å². The number of nitrogens with zero attached hydrogens (tertiary/aromatic N) is 3. The fourth-order valence-corrected chi connectivity index (χ4v) is 1.85. The molecule has 0 radical (unpaired) electrons. The largest absolute Gasteiger partial charge is 0.333 e. The minimum absolute atomic E-state index is 0.645. The van der Waals surface area contributed by atoms with E-state index in [0.717, 1.165) is 43.4 Å². The van der Waals surface area contributed by atoms with E-state index in [1.54, 1.807) is 0 Å². The van der Waals surface area contributed by atoms with Gasteiger partial charge in [0.25, 0.3) is 0 Å². The summed E-state index contributed by atoms with van der Waals surface area (Å²) in [6.45, 7) is 17.2. The number of aryl methyl sites for hydroxylation is 1. The Morgan fingerprint density at radius 3 is 2.45 bits per heavy atom. The summed E-state index contributed by atoms with van der Waals surface area (Å²) in [6.07, 6.45) is 5.60. The van der Waals surface area contributed by atoms with E-state index in [1.807, 2.05) is 30.2 Å². The van der Waals surface area contributed by atoms with E-state index in [1.165, 1.54) is 0 Å². The number of hydrogen-bond acceptors (Lipinski definition) is 4. The van der Waals surface area contributed by atoms with Crippen LogP contribution in [-0.2, 0) is 6.54 Å². The van der Waals surface area contributed by atoms with Crippen molar-refractivity contribution in [2.24, 2.45) is 5.92 Å². The van der Waals surface area contributed by atoms with E-state index < -0.39 is 0 Å². The van der Waals surface area contributed by atoms with Crippen LogP contribution in [-0.4, -0.2) is 29.6 Å². The number of aromatic nitrogens is 2. The van der Waals surface area contributed by atoms with Gasteiger partial charge in [-0.05, 0) is 19.4 Å². The van der Waals surface area contributed by atoms with Crippen LogP contribution in [0.15, 0.2) is 31.5 Å². The van der Waals surface area contributed by atoms with Crippen LogP contribution in [0.25, 0.3) is 0 Å². The molecule has 1 heterocycles. The molecule has 20 heavy (non-hydrogen) atoms. The zero-order valence-corrected chi connectivity index (χ0v) is 12.9. The molecule has 0 aromatic carbocycles. The molecule has 0 saturated heterocycles. The molecule has 0 unspecified atom stereocenters. The van der Waals surface area contributed by atoms with Crippen LogP contribution in [0, 0.1) is 12.8 Å². The maximum Gasteiger partial charge on any atom is 0.226 e. The molecule has 1 rings (SSSR count). The number of hydrogen-bond donors (Lipinski definition) is 1. The SMILES string of the molecule is C=CCN(CC=C)c1ncc(CNCC(C)C)c(C)n1. The Morgan fingerprint density at radius 1 is 1.30 bits per heavy atom. The van der Waals surface area contributed by atoms with Crippen LogP contribution in [0.1, 0.15) is 25.1 Å². The molecule has 0 aliphatic rings. The third-order valence-corrected chi connectivity index (χ3v) is 2.92. The first-order valence-corrected chi connectivity index (χ1v) is 7.08. The van der Waals surface area contributed by atoms with Gasteiger partial charge in [0.05, 0.1) is 0 Å². The predicted octanol–water partition coefficient (Wildman–Crippen LogP) is 2.71. The second-order valence-corrected chi connectivity index (χ2v) is 5.29. The smallest absolute Gasteiger partial charge is 0.226 e. The third-order valence-electron chi connectivity index (χ3n) is 2.92. The van der Waals surface area contributed by atoms with Crippen LogP contribution >= 0.6 is 0 Å². The molecule has 0 aliphatic heterocycles. The summed E-state index contributed by atoms with van der Waals surface area (Å²) in [7, 11) is 0. The van der Waals surface area contributed by atoms with Crippen molar-refractivity contribution in [3.8, 4) is 0 Å². The maximum absolute atomic E-state index is 4.59. The van der Waals surface area contributed by atoms with Gasteiger partial charge in [0.2, 0.25) is 5.95 Å². The molecule has 0 atom stereocenters. The number of anilines is 1. The third kappa shape index (κ3) is 5.13. The Balaban J connectivity index is 2.74. The fourth-order valence-electron chi connectivity index (χ4n) is 1.85. The lowest BCUT2D eigenvalue weighted by Crippen LogP contribution is -2.26. The van der Waals surface area contributed by atoms with Crippen molar-refractivity contribution >= 4 is 5.95 Å². The summed E-state index contributed by atoms with van der Waals surface area (Å²) in [5.41, 5.74) is 2.16. The van der Waals surface area contributed by atoms with Crippen LogP contribution in [0.5, 0.6) is 0 Å². The maximum atomic E-state index is 4.59. The lowest BCUT2D eigenvalue weighted by atomic mass is 10.2. The lowest BCUT2D eigenvalue weighted by molar-refractivity contribution is 0.550. The molecule has 1 aromatic rings. The van der Waals surface area contributed by atoms with E-state index in [0.29, 0.717) is 5.92 Å². The first-order chi connectivity index (χ1) is 9.58. The highest BCUT2D eigenvalue weighted by Crippen LogP contribution is 2.11. The molecule has 4 nitrogen and oxygen atoms in total. The Labute approximate surface area is 122 Å². The van der Waals surface area contributed by atoms with Crippen molar-refractivity contribution in [3.05, 3.63) is 42.8 Å². The molecule has 0 bridgehead atoms. The highest BCUT2D eigenvalue weighted by atomic mass is 15.2. The molecule has 1 N–H and O–H groups in total. The van der Waals surface area contributed by atoms with Crippen LogP contribution in [0.3, 0.4) is 0 Å². The van der Waals surface area contributed by atoms with Crippen molar-refractivity contribution in [3.63, 3.8) is 0 Å². The van der Waals surface area contributed by atoms with Gasteiger partial charge in [0, 0.05) is 37.1 Å². The summed E-state index contributed by atoms with van der Waals surface area (Å²) in [4.78, 5) is 11.1. The normalized spacial score (nSPS) is 10.6. The van der Waals surface area contributed by atoms with Crippen molar-refractivity contribution in [1.82, 2.24) is 15.3 Å². The fraction of sp³-hybridized carbons (Fsp3) is 0.500. The predicted molar refractivity (Wildman–Crippen MR) is 85.9 cm³/mol. The van der Waals surface area contributed by atoms with E-state index in [9.17, 15) is 0 Å². The van der Waals surface area contributed by atoms with Crippen molar-refractivity contribution in [2.75, 3.05) is 24.5 Å². The number of nitrogens with one attached hydrogen (secondary N) is 1. The molecular weight excluding hydrogens is 248 g/mol.